The molecule has 1 fully saturated rings. The van der Waals surface area contributed by atoms with Crippen LogP contribution in [0.4, 0.5) is 0 Å². The highest BCUT2D eigenvalue weighted by atomic mass is 35.5. The minimum absolute atomic E-state index is 0. The van der Waals surface area contributed by atoms with Crippen LogP contribution in [0.5, 0.6) is 0 Å². The Morgan fingerprint density at radius 3 is 2.59 bits per heavy atom. The van der Waals surface area contributed by atoms with Crippen LogP contribution in [0.3, 0.4) is 0 Å². The number of amides is 1. The van der Waals surface area contributed by atoms with E-state index in [1.165, 1.54) is 0 Å². The third-order valence-corrected chi connectivity index (χ3v) is 5.02. The van der Waals surface area contributed by atoms with Crippen LogP contribution < -0.4 is 5.32 Å². The van der Waals surface area contributed by atoms with Gasteiger partial charge in [-0.2, -0.15) is 5.10 Å². The highest BCUT2D eigenvalue weighted by Gasteiger charge is 2.32. The van der Waals surface area contributed by atoms with Crippen molar-refractivity contribution in [2.45, 2.75) is 46.6 Å². The van der Waals surface area contributed by atoms with Crippen molar-refractivity contribution in [1.82, 2.24) is 20.4 Å². The molecule has 2 N–H and O–H groups in total. The fraction of sp³-hybridized carbons (Fsp3) is 0.750. The summed E-state index contributed by atoms with van der Waals surface area (Å²) in [4.78, 5) is 14.7. The molecule has 3 heterocycles. The molecule has 6 heteroatoms. The predicted molar refractivity (Wildman–Crippen MR) is 89.3 cm³/mol. The number of piperidine rings is 1. The first-order valence-electron chi connectivity index (χ1n) is 8.03. The Balaban J connectivity index is 0.00000176. The number of carbonyl (C=O) groups excluding carboxylic acids is 1. The second-order valence-corrected chi connectivity index (χ2v) is 7.39. The van der Waals surface area contributed by atoms with Gasteiger partial charge in [0.2, 0.25) is 0 Å². The van der Waals surface area contributed by atoms with Crippen LogP contribution in [0.1, 0.15) is 55.4 Å². The van der Waals surface area contributed by atoms with Crippen LogP contribution in [-0.2, 0) is 13.0 Å². The Bertz CT molecular complexity index is 527. The Hall–Kier alpha value is -1.07. The molecule has 0 aliphatic carbocycles. The molecular weight excluding hydrogens is 300 g/mol. The average molecular weight is 327 g/mol. The van der Waals surface area contributed by atoms with Crippen LogP contribution >= 0.6 is 12.4 Å². The number of hydrogen-bond acceptors (Lipinski definition) is 3. The number of aromatic amines is 1. The minimum atomic E-state index is 0. The molecule has 2 aliphatic heterocycles. The molecule has 0 unspecified atom stereocenters. The second kappa shape index (κ2) is 6.59. The SMILES string of the molecule is CC(C)(C)C1CCN(C(=O)c2n[nH]c3c2CNCC3)CC1.Cl. The van der Waals surface area contributed by atoms with E-state index in [-0.39, 0.29) is 18.3 Å². The van der Waals surface area contributed by atoms with Gasteiger partial charge < -0.3 is 10.2 Å². The van der Waals surface area contributed by atoms with E-state index in [0.717, 1.165) is 56.7 Å². The number of aromatic nitrogens is 2. The number of nitrogens with zero attached hydrogens (tertiary/aromatic N) is 2. The maximum Gasteiger partial charge on any atom is 0.274 e. The zero-order valence-electron chi connectivity index (χ0n) is 13.7. The largest absolute Gasteiger partial charge is 0.337 e. The fourth-order valence-corrected chi connectivity index (χ4v) is 3.50. The summed E-state index contributed by atoms with van der Waals surface area (Å²) in [7, 11) is 0. The molecule has 1 saturated heterocycles. The summed E-state index contributed by atoms with van der Waals surface area (Å²) in [6.45, 7) is 10.3. The smallest absolute Gasteiger partial charge is 0.274 e. The van der Waals surface area contributed by atoms with E-state index in [0.29, 0.717) is 17.0 Å². The number of H-pyrrole nitrogens is 1. The first-order valence-corrected chi connectivity index (χ1v) is 8.03. The van der Waals surface area contributed by atoms with Crippen LogP contribution in [0.15, 0.2) is 0 Å². The summed E-state index contributed by atoms with van der Waals surface area (Å²) < 4.78 is 0. The summed E-state index contributed by atoms with van der Waals surface area (Å²) in [5, 5.41) is 10.6. The van der Waals surface area contributed by atoms with E-state index in [1.54, 1.807) is 0 Å². The van der Waals surface area contributed by atoms with Crippen molar-refractivity contribution in [3.8, 4) is 0 Å². The van der Waals surface area contributed by atoms with Crippen LogP contribution in [0.2, 0.25) is 0 Å². The number of hydrogen-bond donors (Lipinski definition) is 2. The molecule has 0 spiro atoms. The number of nitrogens with one attached hydrogen (secondary N) is 2. The van der Waals surface area contributed by atoms with Gasteiger partial charge in [0, 0.05) is 43.9 Å². The minimum Gasteiger partial charge on any atom is -0.337 e. The summed E-state index contributed by atoms with van der Waals surface area (Å²) in [6, 6.07) is 0. The molecule has 3 rings (SSSR count). The normalized spacial score (nSPS) is 19.5. The molecule has 124 valence electrons. The first-order chi connectivity index (χ1) is 9.97. The van der Waals surface area contributed by atoms with Crippen LogP contribution in [0.25, 0.3) is 0 Å². The van der Waals surface area contributed by atoms with Gasteiger partial charge in [0.25, 0.3) is 5.91 Å². The second-order valence-electron chi connectivity index (χ2n) is 7.39. The quantitative estimate of drug-likeness (QED) is 0.833. The fourth-order valence-electron chi connectivity index (χ4n) is 3.50. The summed E-state index contributed by atoms with van der Waals surface area (Å²) in [5.41, 5.74) is 3.17. The van der Waals surface area contributed by atoms with Crippen molar-refractivity contribution in [2.24, 2.45) is 11.3 Å². The lowest BCUT2D eigenvalue weighted by Crippen LogP contribution is -2.42. The van der Waals surface area contributed by atoms with Gasteiger partial charge in [0.05, 0.1) is 0 Å². The standard InChI is InChI=1S/C16H26N4O.ClH/c1-16(2,3)11-5-8-20(9-6-11)15(21)14-12-10-17-7-4-13(12)18-19-14;/h11,17H,4-10H2,1-3H3,(H,18,19);1H. The summed E-state index contributed by atoms with van der Waals surface area (Å²) in [6.07, 6.45) is 3.13. The molecular formula is C16H27ClN4O. The van der Waals surface area contributed by atoms with Crippen molar-refractivity contribution >= 4 is 18.3 Å². The van der Waals surface area contributed by atoms with Crippen molar-refractivity contribution < 1.29 is 4.79 Å². The van der Waals surface area contributed by atoms with Gasteiger partial charge in [0.15, 0.2) is 5.69 Å². The number of carbonyl (C=O) groups is 1. The molecule has 1 aromatic rings. The van der Waals surface area contributed by atoms with E-state index >= 15 is 0 Å². The topological polar surface area (TPSA) is 61.0 Å². The predicted octanol–water partition coefficient (Wildman–Crippen LogP) is 2.38. The van der Waals surface area contributed by atoms with Crippen molar-refractivity contribution in [3.63, 3.8) is 0 Å². The van der Waals surface area contributed by atoms with Gasteiger partial charge in [-0.15, -0.1) is 12.4 Å². The van der Waals surface area contributed by atoms with Gasteiger partial charge in [-0.3, -0.25) is 9.89 Å². The van der Waals surface area contributed by atoms with E-state index in [2.05, 4.69) is 36.3 Å². The number of halogens is 1. The molecule has 1 amide bonds. The highest BCUT2D eigenvalue weighted by molar-refractivity contribution is 5.94. The number of likely N-dealkylation sites (tertiary alicyclic amines) is 1. The lowest BCUT2D eigenvalue weighted by molar-refractivity contribution is 0.0602. The van der Waals surface area contributed by atoms with Crippen LogP contribution in [-0.4, -0.2) is 40.6 Å². The van der Waals surface area contributed by atoms with Gasteiger partial charge in [-0.1, -0.05) is 20.8 Å². The van der Waals surface area contributed by atoms with Gasteiger partial charge in [-0.05, 0) is 24.2 Å². The van der Waals surface area contributed by atoms with E-state index < -0.39 is 0 Å². The van der Waals surface area contributed by atoms with E-state index in [1.807, 2.05) is 4.90 Å². The molecule has 5 nitrogen and oxygen atoms in total. The van der Waals surface area contributed by atoms with Crippen molar-refractivity contribution in [2.75, 3.05) is 19.6 Å². The van der Waals surface area contributed by atoms with E-state index in [9.17, 15) is 4.79 Å². The monoisotopic (exact) mass is 326 g/mol. The first kappa shape index (κ1) is 17.3. The van der Waals surface area contributed by atoms with Gasteiger partial charge in [-0.25, -0.2) is 0 Å². The van der Waals surface area contributed by atoms with Gasteiger partial charge in [0.1, 0.15) is 0 Å². The highest BCUT2D eigenvalue weighted by Crippen LogP contribution is 2.34. The Kier molecular flexibility index (Phi) is 5.17. The molecule has 0 radical (unpaired) electrons. The Labute approximate surface area is 138 Å². The van der Waals surface area contributed by atoms with Crippen LogP contribution in [0, 0.1) is 11.3 Å². The van der Waals surface area contributed by atoms with E-state index in [4.69, 9.17) is 0 Å². The lowest BCUT2D eigenvalue weighted by Gasteiger charge is -2.38. The molecule has 0 bridgehead atoms. The molecule has 22 heavy (non-hydrogen) atoms. The Morgan fingerprint density at radius 1 is 1.27 bits per heavy atom. The Morgan fingerprint density at radius 2 is 1.95 bits per heavy atom. The number of fused-ring (bicyclic) bond motifs is 1. The maximum atomic E-state index is 12.7. The molecule has 0 aromatic carbocycles. The lowest BCUT2D eigenvalue weighted by atomic mass is 9.75. The average Bonchev–Trinajstić information content (AvgIpc) is 2.90. The molecule has 1 aromatic heterocycles. The third kappa shape index (κ3) is 3.30. The van der Waals surface area contributed by atoms with Crippen molar-refractivity contribution in [1.29, 1.82) is 0 Å². The molecule has 2 aliphatic rings. The molecule has 0 atom stereocenters. The summed E-state index contributed by atoms with van der Waals surface area (Å²) in [5.74, 6) is 0.805. The number of rotatable bonds is 1. The third-order valence-electron chi connectivity index (χ3n) is 5.02. The molecule has 0 saturated carbocycles. The summed E-state index contributed by atoms with van der Waals surface area (Å²) >= 11 is 0. The van der Waals surface area contributed by atoms with Gasteiger partial charge >= 0.3 is 0 Å². The maximum absolute atomic E-state index is 12.7. The van der Waals surface area contributed by atoms with Crippen molar-refractivity contribution in [3.05, 3.63) is 17.0 Å². The zero-order chi connectivity index (χ0) is 15.0. The zero-order valence-corrected chi connectivity index (χ0v) is 14.6.